The molecule has 0 radical (unpaired) electrons. The van der Waals surface area contributed by atoms with E-state index in [2.05, 4.69) is 56.4 Å². The molecule has 1 heterocycles. The molecule has 1 aromatic rings. The predicted octanol–water partition coefficient (Wildman–Crippen LogP) is 3.54. The summed E-state index contributed by atoms with van der Waals surface area (Å²) in [4.78, 5) is 0. The van der Waals surface area contributed by atoms with E-state index >= 15 is 0 Å². The number of fused-ring (bicyclic) bond motifs is 1. The summed E-state index contributed by atoms with van der Waals surface area (Å²) in [5, 5.41) is 3.55. The normalized spacial score (nSPS) is 25.8. The summed E-state index contributed by atoms with van der Waals surface area (Å²) >= 11 is 0. The van der Waals surface area contributed by atoms with Crippen LogP contribution in [0.2, 0.25) is 0 Å². The lowest BCUT2D eigenvalue weighted by Crippen LogP contribution is -2.21. The van der Waals surface area contributed by atoms with Gasteiger partial charge in [0.1, 0.15) is 0 Å². The lowest BCUT2D eigenvalue weighted by Gasteiger charge is -2.17. The van der Waals surface area contributed by atoms with Gasteiger partial charge in [-0.25, -0.2) is 0 Å². The van der Waals surface area contributed by atoms with Gasteiger partial charge in [-0.3, -0.25) is 0 Å². The molecule has 0 unspecified atom stereocenters. The van der Waals surface area contributed by atoms with E-state index in [9.17, 15) is 0 Å². The molecular formula is C13H17N. The van der Waals surface area contributed by atoms with Crippen LogP contribution in [-0.2, 0) is 0 Å². The molecule has 1 N–H and O–H groups in total. The van der Waals surface area contributed by atoms with Gasteiger partial charge >= 0.3 is 0 Å². The molecule has 0 spiro atoms. The molecule has 14 heavy (non-hydrogen) atoms. The van der Waals surface area contributed by atoms with E-state index < -0.39 is 0 Å². The molecule has 0 fully saturated rings. The van der Waals surface area contributed by atoms with E-state index in [-0.39, 0.29) is 0 Å². The van der Waals surface area contributed by atoms with Crippen LogP contribution < -0.4 is 5.32 Å². The third-order valence-electron chi connectivity index (χ3n) is 3.04. The maximum atomic E-state index is 3.55. The number of para-hydroxylation sites is 1. The van der Waals surface area contributed by atoms with Crippen molar-refractivity contribution in [2.75, 3.05) is 5.32 Å². The summed E-state index contributed by atoms with van der Waals surface area (Å²) < 4.78 is 0. The van der Waals surface area contributed by atoms with Crippen molar-refractivity contribution in [2.24, 2.45) is 5.92 Å². The van der Waals surface area contributed by atoms with Gasteiger partial charge in [-0.15, -0.1) is 0 Å². The maximum Gasteiger partial charge on any atom is 0.0418 e. The second kappa shape index (κ2) is 3.49. The molecule has 2 rings (SSSR count). The van der Waals surface area contributed by atoms with Gasteiger partial charge < -0.3 is 5.32 Å². The first-order valence-electron chi connectivity index (χ1n) is 5.23. The Bertz CT molecular complexity index is 365. The first-order chi connectivity index (χ1) is 6.68. The summed E-state index contributed by atoms with van der Waals surface area (Å²) in [7, 11) is 0. The van der Waals surface area contributed by atoms with Crippen LogP contribution in [-0.4, -0.2) is 6.04 Å². The number of allylic oxidation sites excluding steroid dienone is 1. The largest absolute Gasteiger partial charge is 0.382 e. The molecule has 1 heteroatoms. The van der Waals surface area contributed by atoms with Gasteiger partial charge in [0.25, 0.3) is 0 Å². The fraction of sp³-hybridized carbons (Fsp3) is 0.385. The highest BCUT2D eigenvalue weighted by atomic mass is 14.9. The van der Waals surface area contributed by atoms with Crippen LogP contribution >= 0.6 is 0 Å². The molecular weight excluding hydrogens is 170 g/mol. The average molecular weight is 187 g/mol. The Kier molecular flexibility index (Phi) is 2.32. The Balaban J connectivity index is 2.50. The summed E-state index contributed by atoms with van der Waals surface area (Å²) in [6.07, 6.45) is 2.35. The minimum atomic E-state index is 0.508. The van der Waals surface area contributed by atoms with Gasteiger partial charge in [-0.1, -0.05) is 31.2 Å². The smallest absolute Gasteiger partial charge is 0.0418 e. The zero-order valence-electron chi connectivity index (χ0n) is 9.04. The topological polar surface area (TPSA) is 12.0 Å². The lowest BCUT2D eigenvalue weighted by atomic mass is 10.0. The Labute approximate surface area is 85.8 Å². The van der Waals surface area contributed by atoms with Crippen LogP contribution in [0.4, 0.5) is 5.69 Å². The third kappa shape index (κ3) is 1.54. The highest BCUT2D eigenvalue weighted by Crippen LogP contribution is 2.29. The van der Waals surface area contributed by atoms with Crippen molar-refractivity contribution in [2.45, 2.75) is 26.8 Å². The fourth-order valence-corrected chi connectivity index (χ4v) is 1.96. The van der Waals surface area contributed by atoms with Gasteiger partial charge in [0.2, 0.25) is 0 Å². The maximum absolute atomic E-state index is 3.55. The number of hydrogen-bond donors (Lipinski definition) is 1. The van der Waals surface area contributed by atoms with Crippen molar-refractivity contribution >= 4 is 11.3 Å². The molecule has 0 bridgehead atoms. The second-order valence-corrected chi connectivity index (χ2v) is 4.19. The van der Waals surface area contributed by atoms with Crippen LogP contribution in [0, 0.1) is 5.92 Å². The van der Waals surface area contributed by atoms with E-state index in [1.807, 2.05) is 0 Å². The summed E-state index contributed by atoms with van der Waals surface area (Å²) in [5.74, 6) is 0.586. The van der Waals surface area contributed by atoms with Gasteiger partial charge in [-0.05, 0) is 31.4 Å². The zero-order valence-corrected chi connectivity index (χ0v) is 9.04. The van der Waals surface area contributed by atoms with Crippen molar-refractivity contribution in [1.29, 1.82) is 0 Å². The minimum Gasteiger partial charge on any atom is -0.382 e. The molecule has 0 aromatic heterocycles. The summed E-state index contributed by atoms with van der Waals surface area (Å²) in [6.45, 7) is 6.68. The molecule has 1 aliphatic heterocycles. The van der Waals surface area contributed by atoms with Gasteiger partial charge in [-0.2, -0.15) is 0 Å². The number of anilines is 1. The van der Waals surface area contributed by atoms with Crippen molar-refractivity contribution in [3.63, 3.8) is 0 Å². The Morgan fingerprint density at radius 1 is 1.14 bits per heavy atom. The summed E-state index contributed by atoms with van der Waals surface area (Å²) in [5.41, 5.74) is 3.98. The molecule has 2 atom stereocenters. The third-order valence-corrected chi connectivity index (χ3v) is 3.04. The quantitative estimate of drug-likeness (QED) is 0.655. The first kappa shape index (κ1) is 9.32. The predicted molar refractivity (Wildman–Crippen MR) is 62.3 cm³/mol. The zero-order chi connectivity index (χ0) is 10.1. The SMILES string of the molecule is CC1=C[C@H](C)[C@@H](C)Nc2ccccc21. The van der Waals surface area contributed by atoms with Crippen LogP contribution in [0.25, 0.3) is 5.57 Å². The highest BCUT2D eigenvalue weighted by Gasteiger charge is 2.16. The first-order valence-corrected chi connectivity index (χ1v) is 5.23. The van der Waals surface area contributed by atoms with Crippen molar-refractivity contribution in [3.05, 3.63) is 35.9 Å². The Morgan fingerprint density at radius 2 is 1.86 bits per heavy atom. The number of rotatable bonds is 0. The van der Waals surface area contributed by atoms with Gasteiger partial charge in [0.15, 0.2) is 0 Å². The van der Waals surface area contributed by atoms with E-state index in [4.69, 9.17) is 0 Å². The summed E-state index contributed by atoms with van der Waals surface area (Å²) in [6, 6.07) is 9.02. The number of benzene rings is 1. The van der Waals surface area contributed by atoms with E-state index in [0.717, 1.165) is 0 Å². The number of nitrogens with one attached hydrogen (secondary N) is 1. The Morgan fingerprint density at radius 3 is 2.64 bits per heavy atom. The Hall–Kier alpha value is -1.24. The molecule has 1 aromatic carbocycles. The van der Waals surface area contributed by atoms with Gasteiger partial charge in [0, 0.05) is 17.3 Å². The van der Waals surface area contributed by atoms with Crippen molar-refractivity contribution < 1.29 is 0 Å². The van der Waals surface area contributed by atoms with Crippen LogP contribution in [0.5, 0.6) is 0 Å². The second-order valence-electron chi connectivity index (χ2n) is 4.19. The van der Waals surface area contributed by atoms with E-state index in [0.29, 0.717) is 12.0 Å². The van der Waals surface area contributed by atoms with Crippen LogP contribution in [0.1, 0.15) is 26.3 Å². The van der Waals surface area contributed by atoms with Crippen LogP contribution in [0.3, 0.4) is 0 Å². The van der Waals surface area contributed by atoms with Crippen molar-refractivity contribution in [3.8, 4) is 0 Å². The molecule has 1 aliphatic rings. The fourth-order valence-electron chi connectivity index (χ4n) is 1.96. The highest BCUT2D eigenvalue weighted by molar-refractivity contribution is 5.76. The molecule has 74 valence electrons. The standard InChI is InChI=1S/C13H17N/c1-9-8-10(2)12-6-4-5-7-13(12)14-11(9)3/h4-9,11,14H,1-3H3/t9-,11+/m0/s1. The monoisotopic (exact) mass is 187 g/mol. The van der Waals surface area contributed by atoms with Crippen LogP contribution in [0.15, 0.2) is 30.3 Å². The average Bonchev–Trinajstić information content (AvgIpc) is 2.27. The molecule has 1 nitrogen and oxygen atoms in total. The molecule has 0 amide bonds. The minimum absolute atomic E-state index is 0.508. The van der Waals surface area contributed by atoms with E-state index in [1.54, 1.807) is 0 Å². The molecule has 0 aliphatic carbocycles. The van der Waals surface area contributed by atoms with Crippen molar-refractivity contribution in [1.82, 2.24) is 0 Å². The van der Waals surface area contributed by atoms with E-state index in [1.165, 1.54) is 16.8 Å². The molecule has 0 saturated heterocycles. The number of hydrogen-bond acceptors (Lipinski definition) is 1. The lowest BCUT2D eigenvalue weighted by molar-refractivity contribution is 0.622. The van der Waals surface area contributed by atoms with Gasteiger partial charge in [0.05, 0.1) is 0 Å². The molecule has 0 saturated carbocycles.